The molecule has 41 heavy (non-hydrogen) atoms. The van der Waals surface area contributed by atoms with Crippen molar-refractivity contribution in [3.8, 4) is 0 Å². The highest BCUT2D eigenvalue weighted by Gasteiger charge is 2.42. The molecule has 0 radical (unpaired) electrons. The highest BCUT2D eigenvalue weighted by Crippen LogP contribution is 2.35. The van der Waals surface area contributed by atoms with Crippen molar-refractivity contribution in [2.75, 3.05) is 13.7 Å². The molecule has 0 bridgehead atoms. The van der Waals surface area contributed by atoms with Crippen molar-refractivity contribution in [3.05, 3.63) is 83.4 Å². The van der Waals surface area contributed by atoms with Gasteiger partial charge in [0.1, 0.15) is 6.04 Å². The van der Waals surface area contributed by atoms with Gasteiger partial charge < -0.3 is 15.0 Å². The van der Waals surface area contributed by atoms with E-state index in [1.165, 1.54) is 0 Å². The number of hydrogen-bond donors (Lipinski definition) is 1. The first-order valence-corrected chi connectivity index (χ1v) is 14.6. The van der Waals surface area contributed by atoms with Crippen molar-refractivity contribution in [2.24, 2.45) is 17.3 Å². The molecule has 0 spiro atoms. The largest absolute Gasteiger partial charge is 0.463 e. The second kappa shape index (κ2) is 14.5. The minimum Gasteiger partial charge on any atom is -0.463 e. The third-order valence-electron chi connectivity index (χ3n) is 7.88. The molecule has 0 heterocycles. The molecule has 6 nitrogen and oxygen atoms in total. The van der Waals surface area contributed by atoms with Gasteiger partial charge in [-0.3, -0.25) is 9.59 Å². The van der Waals surface area contributed by atoms with E-state index in [4.69, 9.17) is 4.74 Å². The van der Waals surface area contributed by atoms with E-state index in [0.717, 1.165) is 11.1 Å². The minimum absolute atomic E-state index is 0.0347. The summed E-state index contributed by atoms with van der Waals surface area (Å²) in [6, 6.07) is 18.9. The molecule has 3 atom stereocenters. The van der Waals surface area contributed by atoms with Crippen LogP contribution in [0.5, 0.6) is 0 Å². The van der Waals surface area contributed by atoms with Crippen molar-refractivity contribution in [1.82, 2.24) is 10.2 Å². The van der Waals surface area contributed by atoms with Crippen LogP contribution in [-0.4, -0.2) is 48.4 Å². The van der Waals surface area contributed by atoms with Crippen LogP contribution in [0.3, 0.4) is 0 Å². The highest BCUT2D eigenvalue weighted by molar-refractivity contribution is 5.91. The number of hydrogen-bond acceptors (Lipinski definition) is 4. The van der Waals surface area contributed by atoms with Crippen molar-refractivity contribution < 1.29 is 19.1 Å². The summed E-state index contributed by atoms with van der Waals surface area (Å²) in [7, 11) is 1.74. The zero-order chi connectivity index (χ0) is 31.0. The molecule has 0 fully saturated rings. The van der Waals surface area contributed by atoms with Gasteiger partial charge in [0.05, 0.1) is 18.6 Å². The van der Waals surface area contributed by atoms with E-state index in [9.17, 15) is 14.4 Å². The van der Waals surface area contributed by atoms with E-state index in [1.54, 1.807) is 31.9 Å². The number of ether oxygens (including phenoxy) is 1. The molecule has 2 aromatic carbocycles. The second-order valence-corrected chi connectivity index (χ2v) is 12.9. The molecule has 0 aliphatic carbocycles. The van der Waals surface area contributed by atoms with Gasteiger partial charge in [-0.15, -0.1) is 0 Å². The van der Waals surface area contributed by atoms with E-state index in [1.807, 2.05) is 83.1 Å². The van der Waals surface area contributed by atoms with Gasteiger partial charge in [-0.25, -0.2) is 4.79 Å². The molecule has 1 N–H and O–H groups in total. The smallest absolute Gasteiger partial charge is 0.333 e. The lowest BCUT2D eigenvalue weighted by molar-refractivity contribution is -0.142. The number of amides is 2. The predicted octanol–water partition coefficient (Wildman–Crippen LogP) is 6.35. The Morgan fingerprint density at radius 2 is 1.46 bits per heavy atom. The number of carbonyl (C=O) groups is 3. The van der Waals surface area contributed by atoms with E-state index in [2.05, 4.69) is 31.3 Å². The average molecular weight is 563 g/mol. The Morgan fingerprint density at radius 1 is 0.927 bits per heavy atom. The second-order valence-electron chi connectivity index (χ2n) is 12.9. The van der Waals surface area contributed by atoms with Gasteiger partial charge in [-0.1, -0.05) is 115 Å². The van der Waals surface area contributed by atoms with E-state index < -0.39 is 28.8 Å². The molecule has 2 rings (SSSR count). The number of carbonyl (C=O) groups excluding carboxylic acids is 3. The predicted molar refractivity (Wildman–Crippen MR) is 166 cm³/mol. The summed E-state index contributed by atoms with van der Waals surface area (Å²) in [5.41, 5.74) is 1.52. The molecule has 0 aliphatic heterocycles. The third-order valence-corrected chi connectivity index (χ3v) is 7.88. The monoisotopic (exact) mass is 562 g/mol. The van der Waals surface area contributed by atoms with Gasteiger partial charge in [0.2, 0.25) is 11.8 Å². The standard InChI is InChI=1S/C35H50N2O4/c1-11-41-33(40)25(4)22-29(24(2)3)37(10)32(39)30(34(5,6)7)36-31(38)28(23-26-18-14-12-15-19-26)35(8,9)27-20-16-13-17-21-27/h12-22,24,28-30H,11,23H2,1-10H3,(H,36,38)/t28?,29-,30-/m1/s1. The van der Waals surface area contributed by atoms with Crippen LogP contribution in [0.25, 0.3) is 0 Å². The maximum absolute atomic E-state index is 14.2. The number of nitrogens with one attached hydrogen (secondary N) is 1. The Bertz CT molecular complexity index is 1180. The van der Waals surface area contributed by atoms with Crippen LogP contribution in [-0.2, 0) is 31.0 Å². The summed E-state index contributed by atoms with van der Waals surface area (Å²) >= 11 is 0. The van der Waals surface area contributed by atoms with Crippen LogP contribution in [0, 0.1) is 17.3 Å². The molecule has 0 aliphatic rings. The van der Waals surface area contributed by atoms with Gasteiger partial charge in [-0.2, -0.15) is 0 Å². The van der Waals surface area contributed by atoms with Crippen molar-refractivity contribution in [3.63, 3.8) is 0 Å². The van der Waals surface area contributed by atoms with E-state index in [-0.39, 0.29) is 30.4 Å². The zero-order valence-corrected chi connectivity index (χ0v) is 26.7. The molecule has 224 valence electrons. The molecule has 1 unspecified atom stereocenters. The van der Waals surface area contributed by atoms with Gasteiger partial charge in [0, 0.05) is 18.0 Å². The first kappa shape index (κ1) is 33.8. The van der Waals surface area contributed by atoms with E-state index >= 15 is 0 Å². The molecule has 2 amide bonds. The summed E-state index contributed by atoms with van der Waals surface area (Å²) in [6.45, 7) is 17.8. The van der Waals surface area contributed by atoms with Crippen LogP contribution in [0.4, 0.5) is 0 Å². The van der Waals surface area contributed by atoms with Crippen LogP contribution in [0.1, 0.15) is 73.4 Å². The molecular formula is C35H50N2O4. The molecule has 0 saturated heterocycles. The quantitative estimate of drug-likeness (QED) is 0.242. The minimum atomic E-state index is -0.776. The lowest BCUT2D eigenvalue weighted by atomic mass is 9.70. The number of nitrogens with zero attached hydrogens (tertiary/aromatic N) is 1. The number of likely N-dealkylation sites (N-methyl/N-ethyl adjacent to an activating group) is 1. The fourth-order valence-corrected chi connectivity index (χ4v) is 5.16. The fourth-order valence-electron chi connectivity index (χ4n) is 5.16. The van der Waals surface area contributed by atoms with Crippen molar-refractivity contribution in [2.45, 2.75) is 86.2 Å². The lowest BCUT2D eigenvalue weighted by Gasteiger charge is -2.40. The SMILES string of the molecule is CCOC(=O)C(C)=C[C@H](C(C)C)N(C)C(=O)[C@@H](NC(=O)C(Cc1ccccc1)C(C)(C)c1ccccc1)C(C)(C)C. The van der Waals surface area contributed by atoms with Crippen LogP contribution in [0.2, 0.25) is 0 Å². The van der Waals surface area contributed by atoms with Gasteiger partial charge in [0.15, 0.2) is 0 Å². The maximum Gasteiger partial charge on any atom is 0.333 e. The molecule has 2 aromatic rings. The Hall–Kier alpha value is -3.41. The maximum atomic E-state index is 14.2. The summed E-state index contributed by atoms with van der Waals surface area (Å²) < 4.78 is 5.15. The Morgan fingerprint density at radius 3 is 1.95 bits per heavy atom. The summed E-state index contributed by atoms with van der Waals surface area (Å²) in [6.07, 6.45) is 2.32. The Balaban J connectivity index is 2.46. The molecule has 0 saturated carbocycles. The van der Waals surface area contributed by atoms with Crippen molar-refractivity contribution in [1.29, 1.82) is 0 Å². The summed E-state index contributed by atoms with van der Waals surface area (Å²) in [4.78, 5) is 42.3. The van der Waals surface area contributed by atoms with E-state index in [0.29, 0.717) is 12.0 Å². The number of esters is 1. The highest BCUT2D eigenvalue weighted by atomic mass is 16.5. The summed E-state index contributed by atoms with van der Waals surface area (Å²) in [5.74, 6) is -1.15. The van der Waals surface area contributed by atoms with Crippen LogP contribution < -0.4 is 5.32 Å². The number of rotatable bonds is 12. The van der Waals surface area contributed by atoms with Gasteiger partial charge >= 0.3 is 5.97 Å². The first-order valence-electron chi connectivity index (χ1n) is 14.6. The van der Waals surface area contributed by atoms with Crippen LogP contribution in [0.15, 0.2) is 72.3 Å². The molecule has 6 heteroatoms. The topological polar surface area (TPSA) is 75.7 Å². The normalized spacial score (nSPS) is 14.7. The van der Waals surface area contributed by atoms with Crippen LogP contribution >= 0.6 is 0 Å². The molecular weight excluding hydrogens is 512 g/mol. The lowest BCUT2D eigenvalue weighted by Crippen LogP contribution is -2.58. The molecule has 0 aromatic heterocycles. The number of benzene rings is 2. The van der Waals surface area contributed by atoms with Gasteiger partial charge in [-0.05, 0) is 42.7 Å². The Kier molecular flexibility index (Phi) is 11.9. The van der Waals surface area contributed by atoms with Gasteiger partial charge in [0.25, 0.3) is 0 Å². The Labute approximate surface area is 247 Å². The van der Waals surface area contributed by atoms with Crippen molar-refractivity contribution >= 4 is 17.8 Å². The first-order chi connectivity index (χ1) is 19.1. The third kappa shape index (κ3) is 9.04. The fraction of sp³-hybridized carbons (Fsp3) is 0.514. The summed E-state index contributed by atoms with van der Waals surface area (Å²) in [5, 5.41) is 3.18. The average Bonchev–Trinajstić information content (AvgIpc) is 2.92. The zero-order valence-electron chi connectivity index (χ0n) is 26.7.